The summed E-state index contributed by atoms with van der Waals surface area (Å²) in [5.41, 5.74) is 1.81. The van der Waals surface area contributed by atoms with Gasteiger partial charge in [-0.15, -0.1) is 6.58 Å². The Kier molecular flexibility index (Phi) is 9.72. The number of hydrogen-bond acceptors (Lipinski definition) is 0. The molecule has 1 aromatic rings. The number of rotatable bonds is 5. The molecule has 80 valence electrons. The zero-order valence-corrected chi connectivity index (χ0v) is 12.0. The minimum atomic E-state index is 0. The van der Waals surface area contributed by atoms with Gasteiger partial charge < -0.3 is 12.4 Å². The summed E-state index contributed by atoms with van der Waals surface area (Å²) in [6.07, 6.45) is 5.52. The molecule has 0 nitrogen and oxygen atoms in total. The third kappa shape index (κ3) is 3.90. The van der Waals surface area contributed by atoms with E-state index in [1.165, 1.54) is 18.4 Å². The SMILES string of the molecule is C=CCC(CC)(CC)c1cc[cH-]c1.[Cl-].[Mg+2]. The molecule has 0 fully saturated rings. The molecule has 2 heteroatoms. The minimum absolute atomic E-state index is 0. The zero-order chi connectivity index (χ0) is 9.73. The maximum Gasteiger partial charge on any atom is 2.00 e. The van der Waals surface area contributed by atoms with Crippen molar-refractivity contribution in [3.05, 3.63) is 42.5 Å². The Labute approximate surface area is 116 Å². The molecule has 0 aliphatic carbocycles. The van der Waals surface area contributed by atoms with E-state index in [2.05, 4.69) is 44.7 Å². The average molecular weight is 235 g/mol. The fraction of sp³-hybridized carbons (Fsp3) is 0.462. The van der Waals surface area contributed by atoms with Gasteiger partial charge in [-0.1, -0.05) is 38.2 Å². The molecule has 0 heterocycles. The van der Waals surface area contributed by atoms with Crippen molar-refractivity contribution in [2.45, 2.75) is 38.5 Å². The summed E-state index contributed by atoms with van der Waals surface area (Å²) in [6.45, 7) is 8.38. The Morgan fingerprint density at radius 2 is 2.00 bits per heavy atom. The third-order valence-electron chi connectivity index (χ3n) is 3.16. The summed E-state index contributed by atoms with van der Waals surface area (Å²) in [4.78, 5) is 0. The smallest absolute Gasteiger partial charge is 1.00 e. The van der Waals surface area contributed by atoms with Crippen LogP contribution in [0.1, 0.15) is 38.7 Å². The Balaban J connectivity index is 0. The first-order valence-corrected chi connectivity index (χ1v) is 5.12. The van der Waals surface area contributed by atoms with Crippen LogP contribution in [0.25, 0.3) is 0 Å². The van der Waals surface area contributed by atoms with Crippen LogP contribution in [0.5, 0.6) is 0 Å². The number of hydrogen-bond donors (Lipinski definition) is 0. The second kappa shape index (κ2) is 8.32. The van der Waals surface area contributed by atoms with Crippen molar-refractivity contribution < 1.29 is 12.4 Å². The summed E-state index contributed by atoms with van der Waals surface area (Å²) in [6, 6.07) is 8.71. The molecular formula is C13H19ClMg. The second-order valence-corrected chi connectivity index (χ2v) is 3.65. The molecule has 0 spiro atoms. The van der Waals surface area contributed by atoms with Crippen LogP contribution < -0.4 is 12.4 Å². The van der Waals surface area contributed by atoms with Crippen molar-refractivity contribution in [1.29, 1.82) is 0 Å². The summed E-state index contributed by atoms with van der Waals surface area (Å²) >= 11 is 0. The van der Waals surface area contributed by atoms with E-state index in [-0.39, 0.29) is 35.5 Å². The van der Waals surface area contributed by atoms with Crippen LogP contribution in [0, 0.1) is 0 Å². The molecule has 0 saturated heterocycles. The van der Waals surface area contributed by atoms with E-state index in [1.807, 2.05) is 6.08 Å². The molecule has 0 aliphatic heterocycles. The molecule has 0 amide bonds. The standard InChI is InChI=1S/C13H19.ClH.Mg/c1-4-11-13(5-2,6-3)12-9-7-8-10-12;;/h4,7-10H,1,5-6,11H2,2-3H3;1H;/q-1;;+2/p-1. The van der Waals surface area contributed by atoms with Gasteiger partial charge in [-0.05, 0) is 6.42 Å². The van der Waals surface area contributed by atoms with Crippen LogP contribution in [-0.2, 0) is 5.41 Å². The van der Waals surface area contributed by atoms with E-state index in [1.54, 1.807) is 0 Å². The molecule has 0 atom stereocenters. The first-order chi connectivity index (χ1) is 6.29. The third-order valence-corrected chi connectivity index (χ3v) is 3.16. The molecule has 0 radical (unpaired) electrons. The van der Waals surface area contributed by atoms with Crippen molar-refractivity contribution in [2.24, 2.45) is 0 Å². The molecule has 1 aromatic carbocycles. The van der Waals surface area contributed by atoms with Crippen molar-refractivity contribution in [1.82, 2.24) is 0 Å². The quantitative estimate of drug-likeness (QED) is 0.399. The predicted molar refractivity (Wildman–Crippen MR) is 64.9 cm³/mol. The van der Waals surface area contributed by atoms with E-state index in [9.17, 15) is 0 Å². The van der Waals surface area contributed by atoms with Crippen LogP contribution in [0.2, 0.25) is 0 Å². The molecule has 0 N–H and O–H groups in total. The van der Waals surface area contributed by atoms with Crippen LogP contribution in [-0.4, -0.2) is 23.1 Å². The molecule has 0 unspecified atom stereocenters. The van der Waals surface area contributed by atoms with Gasteiger partial charge in [0.2, 0.25) is 0 Å². The Morgan fingerprint density at radius 3 is 2.33 bits per heavy atom. The zero-order valence-electron chi connectivity index (χ0n) is 9.80. The molecule has 0 bridgehead atoms. The maximum absolute atomic E-state index is 3.85. The summed E-state index contributed by atoms with van der Waals surface area (Å²) in [7, 11) is 0. The first-order valence-electron chi connectivity index (χ1n) is 5.12. The number of halogens is 1. The molecule has 1 rings (SSSR count). The Bertz CT molecular complexity index is 248. The van der Waals surface area contributed by atoms with Crippen molar-refractivity contribution in [2.75, 3.05) is 0 Å². The molecule has 15 heavy (non-hydrogen) atoms. The van der Waals surface area contributed by atoms with Gasteiger partial charge in [-0.3, -0.25) is 0 Å². The largest absolute Gasteiger partial charge is 2.00 e. The summed E-state index contributed by atoms with van der Waals surface area (Å²) in [5.74, 6) is 0. The minimum Gasteiger partial charge on any atom is -1.00 e. The van der Waals surface area contributed by atoms with Gasteiger partial charge in [-0.25, -0.2) is 6.07 Å². The van der Waals surface area contributed by atoms with Gasteiger partial charge in [-0.2, -0.15) is 23.8 Å². The van der Waals surface area contributed by atoms with Crippen LogP contribution in [0.3, 0.4) is 0 Å². The van der Waals surface area contributed by atoms with Crippen molar-refractivity contribution in [3.63, 3.8) is 0 Å². The van der Waals surface area contributed by atoms with Crippen molar-refractivity contribution in [3.8, 4) is 0 Å². The van der Waals surface area contributed by atoms with Gasteiger partial charge >= 0.3 is 23.1 Å². The second-order valence-electron chi connectivity index (χ2n) is 3.65. The van der Waals surface area contributed by atoms with Gasteiger partial charge in [0.05, 0.1) is 0 Å². The van der Waals surface area contributed by atoms with E-state index < -0.39 is 0 Å². The van der Waals surface area contributed by atoms with E-state index >= 15 is 0 Å². The van der Waals surface area contributed by atoms with E-state index in [4.69, 9.17) is 0 Å². The van der Waals surface area contributed by atoms with Gasteiger partial charge in [0.25, 0.3) is 0 Å². The molecule has 0 aromatic heterocycles. The molecular weight excluding hydrogens is 216 g/mol. The van der Waals surface area contributed by atoms with E-state index in [0.29, 0.717) is 5.41 Å². The fourth-order valence-electron chi connectivity index (χ4n) is 2.07. The Morgan fingerprint density at radius 1 is 1.40 bits per heavy atom. The summed E-state index contributed by atoms with van der Waals surface area (Å²) in [5, 5.41) is 0. The topological polar surface area (TPSA) is 0 Å². The number of allylic oxidation sites excluding steroid dienone is 1. The van der Waals surface area contributed by atoms with E-state index in [0.717, 1.165) is 6.42 Å². The van der Waals surface area contributed by atoms with Gasteiger partial charge in [0.15, 0.2) is 0 Å². The maximum atomic E-state index is 3.85. The molecule has 0 saturated carbocycles. The fourth-order valence-corrected chi connectivity index (χ4v) is 2.07. The summed E-state index contributed by atoms with van der Waals surface area (Å²) < 4.78 is 0. The van der Waals surface area contributed by atoms with Crippen LogP contribution >= 0.6 is 0 Å². The Hall–Kier alpha value is 0.146. The van der Waals surface area contributed by atoms with Gasteiger partial charge in [0, 0.05) is 0 Å². The monoisotopic (exact) mass is 234 g/mol. The van der Waals surface area contributed by atoms with Crippen LogP contribution in [0.4, 0.5) is 0 Å². The normalized spacial score (nSPS) is 10.0. The first kappa shape index (κ1) is 17.5. The molecule has 0 aliphatic rings. The average Bonchev–Trinajstić information content (AvgIpc) is 2.68. The van der Waals surface area contributed by atoms with Crippen molar-refractivity contribution >= 4 is 23.1 Å². The van der Waals surface area contributed by atoms with Gasteiger partial charge in [0.1, 0.15) is 0 Å². The predicted octanol–water partition coefficient (Wildman–Crippen LogP) is 0.663. The van der Waals surface area contributed by atoms with Crippen LogP contribution in [0.15, 0.2) is 36.9 Å².